The molecule has 0 amide bonds. The first-order chi connectivity index (χ1) is 12.6. The van der Waals surface area contributed by atoms with E-state index in [2.05, 4.69) is 30.5 Å². The Hall–Kier alpha value is -3.61. The number of benzene rings is 2. The third kappa shape index (κ3) is 4.94. The number of nitrogens with zero attached hydrogens (tertiary/aromatic N) is 4. The van der Waals surface area contributed by atoms with Crippen molar-refractivity contribution in [2.24, 2.45) is 16.0 Å². The van der Waals surface area contributed by atoms with Gasteiger partial charge in [0.2, 0.25) is 0 Å². The van der Waals surface area contributed by atoms with E-state index in [1.165, 1.54) is 0 Å². The summed E-state index contributed by atoms with van der Waals surface area (Å²) in [4.78, 5) is 11.5. The van der Waals surface area contributed by atoms with Crippen LogP contribution in [-0.4, -0.2) is 15.9 Å². The summed E-state index contributed by atoms with van der Waals surface area (Å²) >= 11 is 0. The van der Waals surface area contributed by atoms with Crippen LogP contribution in [0.25, 0.3) is 0 Å². The maximum absolute atomic E-state index is 5.98. The topological polar surface area (TPSA) is 103 Å². The number of guanidine groups is 1. The number of hydrogen-bond donors (Lipinski definition) is 3. The van der Waals surface area contributed by atoms with E-state index in [0.717, 1.165) is 28.5 Å². The Bertz CT molecular complexity index is 912. The number of azo groups is 1. The van der Waals surface area contributed by atoms with Gasteiger partial charge in [-0.15, -0.1) is 9.97 Å². The summed E-state index contributed by atoms with van der Waals surface area (Å²) in [5, 5.41) is 11.5. The molecule has 1 aromatic heterocycles. The molecule has 0 bridgehead atoms. The summed E-state index contributed by atoms with van der Waals surface area (Å²) in [5.41, 5.74) is 10.1. The van der Waals surface area contributed by atoms with Crippen molar-refractivity contribution in [1.82, 2.24) is 9.97 Å². The summed E-state index contributed by atoms with van der Waals surface area (Å²) in [7, 11) is 0. The molecule has 3 rings (SSSR count). The molecule has 0 aliphatic heterocycles. The molecule has 0 fully saturated rings. The SMILES string of the molecule is Cc1cc(C)nc([NH+]=C(N)Nc2ccc(N=Nc3ccccc3)cc2)n1. The first kappa shape index (κ1) is 17.2. The van der Waals surface area contributed by atoms with Gasteiger partial charge in [-0.1, -0.05) is 18.2 Å². The third-order valence-corrected chi connectivity index (χ3v) is 3.41. The van der Waals surface area contributed by atoms with Gasteiger partial charge in [-0.3, -0.25) is 5.32 Å². The maximum Gasteiger partial charge on any atom is 0.354 e. The smallest absolute Gasteiger partial charge is 0.322 e. The average molecular weight is 346 g/mol. The minimum Gasteiger partial charge on any atom is -0.322 e. The second kappa shape index (κ2) is 7.98. The number of aromatic nitrogens is 2. The summed E-state index contributed by atoms with van der Waals surface area (Å²) < 4.78 is 0. The van der Waals surface area contributed by atoms with E-state index in [1.807, 2.05) is 74.5 Å². The zero-order valence-electron chi connectivity index (χ0n) is 14.6. The van der Waals surface area contributed by atoms with Crippen LogP contribution >= 0.6 is 0 Å². The molecule has 0 radical (unpaired) electrons. The fraction of sp³-hybridized carbons (Fsp3) is 0.105. The first-order valence-electron chi connectivity index (χ1n) is 8.14. The number of aryl methyl sites for hydroxylation is 2. The fourth-order valence-corrected chi connectivity index (χ4v) is 2.31. The molecular weight excluding hydrogens is 326 g/mol. The van der Waals surface area contributed by atoms with Crippen LogP contribution in [0.3, 0.4) is 0 Å². The molecule has 0 aliphatic rings. The lowest BCUT2D eigenvalue weighted by atomic mass is 10.3. The lowest BCUT2D eigenvalue weighted by molar-refractivity contribution is -0.365. The minimum atomic E-state index is 0.341. The molecule has 2 aromatic carbocycles. The van der Waals surface area contributed by atoms with E-state index in [4.69, 9.17) is 5.73 Å². The number of nitrogens with one attached hydrogen (secondary N) is 2. The van der Waals surface area contributed by atoms with Crippen LogP contribution in [0.5, 0.6) is 0 Å². The van der Waals surface area contributed by atoms with Crippen molar-refractivity contribution in [3.63, 3.8) is 0 Å². The molecule has 0 saturated heterocycles. The largest absolute Gasteiger partial charge is 0.354 e. The lowest BCUT2D eigenvalue weighted by Crippen LogP contribution is -2.72. The van der Waals surface area contributed by atoms with Crippen LogP contribution in [0.4, 0.5) is 23.0 Å². The summed E-state index contributed by atoms with van der Waals surface area (Å²) in [6, 6.07) is 18.9. The Balaban J connectivity index is 1.67. The van der Waals surface area contributed by atoms with Crippen LogP contribution < -0.4 is 16.0 Å². The molecule has 26 heavy (non-hydrogen) atoms. The summed E-state index contributed by atoms with van der Waals surface area (Å²) in [5.74, 6) is 0.800. The van der Waals surface area contributed by atoms with E-state index in [0.29, 0.717) is 11.9 Å². The molecule has 3 aromatic rings. The molecule has 1 heterocycles. The van der Waals surface area contributed by atoms with Crippen molar-refractivity contribution < 1.29 is 4.99 Å². The van der Waals surface area contributed by atoms with Crippen molar-refractivity contribution in [2.75, 3.05) is 5.32 Å². The molecule has 0 aliphatic carbocycles. The Morgan fingerprint density at radius 3 is 2.08 bits per heavy atom. The number of anilines is 1. The monoisotopic (exact) mass is 346 g/mol. The van der Waals surface area contributed by atoms with Gasteiger partial charge in [0.05, 0.1) is 28.5 Å². The molecule has 4 N–H and O–H groups in total. The van der Waals surface area contributed by atoms with E-state index in [-0.39, 0.29) is 0 Å². The van der Waals surface area contributed by atoms with Gasteiger partial charge in [-0.2, -0.15) is 10.2 Å². The predicted molar refractivity (Wildman–Crippen MR) is 102 cm³/mol. The summed E-state index contributed by atoms with van der Waals surface area (Å²) in [6.07, 6.45) is 0. The van der Waals surface area contributed by atoms with Crippen molar-refractivity contribution in [3.05, 3.63) is 72.1 Å². The van der Waals surface area contributed by atoms with Crippen LogP contribution in [-0.2, 0) is 0 Å². The molecular formula is C19H20N7+. The molecule has 7 nitrogen and oxygen atoms in total. The van der Waals surface area contributed by atoms with Gasteiger partial charge in [0.1, 0.15) is 0 Å². The van der Waals surface area contributed by atoms with Crippen molar-refractivity contribution in [2.45, 2.75) is 13.8 Å². The number of hydrogen-bond acceptors (Lipinski definition) is 4. The second-order valence-electron chi connectivity index (χ2n) is 5.72. The lowest BCUT2D eigenvalue weighted by Gasteiger charge is -2.02. The zero-order valence-corrected chi connectivity index (χ0v) is 14.6. The Morgan fingerprint density at radius 1 is 0.885 bits per heavy atom. The van der Waals surface area contributed by atoms with Gasteiger partial charge in [-0.25, -0.2) is 4.99 Å². The van der Waals surface area contributed by atoms with Crippen LogP contribution in [0.1, 0.15) is 11.4 Å². The van der Waals surface area contributed by atoms with E-state index in [9.17, 15) is 0 Å². The van der Waals surface area contributed by atoms with Crippen LogP contribution in [0.2, 0.25) is 0 Å². The van der Waals surface area contributed by atoms with Gasteiger partial charge in [0.15, 0.2) is 0 Å². The molecule has 0 atom stereocenters. The highest BCUT2D eigenvalue weighted by Crippen LogP contribution is 2.19. The van der Waals surface area contributed by atoms with E-state index < -0.39 is 0 Å². The van der Waals surface area contributed by atoms with Crippen LogP contribution in [0.15, 0.2) is 70.9 Å². The van der Waals surface area contributed by atoms with E-state index in [1.54, 1.807) is 0 Å². The molecule has 130 valence electrons. The quantitative estimate of drug-likeness (QED) is 0.384. The first-order valence-corrected chi connectivity index (χ1v) is 8.14. The molecule has 0 spiro atoms. The number of nitrogens with two attached hydrogens (primary N) is 1. The van der Waals surface area contributed by atoms with Gasteiger partial charge >= 0.3 is 5.95 Å². The van der Waals surface area contributed by atoms with E-state index >= 15 is 0 Å². The van der Waals surface area contributed by atoms with Gasteiger partial charge in [-0.05, 0) is 50.2 Å². The summed E-state index contributed by atoms with van der Waals surface area (Å²) in [6.45, 7) is 3.82. The highest BCUT2D eigenvalue weighted by atomic mass is 15.2. The second-order valence-corrected chi connectivity index (χ2v) is 5.72. The minimum absolute atomic E-state index is 0.341. The third-order valence-electron chi connectivity index (χ3n) is 3.41. The highest BCUT2D eigenvalue weighted by Gasteiger charge is 2.05. The van der Waals surface area contributed by atoms with Gasteiger partial charge < -0.3 is 5.73 Å². The van der Waals surface area contributed by atoms with Crippen molar-refractivity contribution in [3.8, 4) is 0 Å². The Labute approximate surface area is 151 Å². The molecule has 0 saturated carbocycles. The standard InChI is InChI=1S/C19H19N7/c1-13-12-14(2)22-19(21-13)24-18(20)23-15-8-10-17(11-9-15)26-25-16-6-4-3-5-7-16/h3-12H,1-2H3,(H3,20,21,22,23,24)/p+1. The normalized spacial score (nSPS) is 11.7. The molecule has 7 heteroatoms. The zero-order chi connectivity index (χ0) is 18.4. The maximum atomic E-state index is 5.98. The predicted octanol–water partition coefficient (Wildman–Crippen LogP) is 2.65. The van der Waals surface area contributed by atoms with Crippen molar-refractivity contribution >= 4 is 29.0 Å². The molecule has 0 unspecified atom stereocenters. The Morgan fingerprint density at radius 2 is 1.46 bits per heavy atom. The van der Waals surface area contributed by atoms with Gasteiger partial charge in [0, 0.05) is 6.07 Å². The number of rotatable bonds is 4. The van der Waals surface area contributed by atoms with Gasteiger partial charge in [0.25, 0.3) is 5.96 Å². The average Bonchev–Trinajstić information content (AvgIpc) is 2.61. The van der Waals surface area contributed by atoms with Crippen LogP contribution in [0, 0.1) is 13.8 Å². The highest BCUT2D eigenvalue weighted by molar-refractivity contribution is 5.88. The van der Waals surface area contributed by atoms with Crippen molar-refractivity contribution in [1.29, 1.82) is 0 Å². The Kier molecular flexibility index (Phi) is 5.28. The fourth-order valence-electron chi connectivity index (χ4n) is 2.31.